The van der Waals surface area contributed by atoms with E-state index in [-0.39, 0.29) is 6.42 Å². The minimum Gasteiger partial charge on any atom is -0.496 e. The maximum atomic E-state index is 11.5. The molecule has 0 aliphatic heterocycles. The molecule has 0 unspecified atom stereocenters. The second kappa shape index (κ2) is 4.98. The van der Waals surface area contributed by atoms with Crippen molar-refractivity contribution >= 4 is 5.97 Å². The molecule has 0 fully saturated rings. The summed E-state index contributed by atoms with van der Waals surface area (Å²) in [5, 5.41) is 9.43. The van der Waals surface area contributed by atoms with Crippen molar-refractivity contribution in [3.63, 3.8) is 0 Å². The minimum atomic E-state index is -1.33. The molecule has 4 heteroatoms. The summed E-state index contributed by atoms with van der Waals surface area (Å²) in [6.07, 6.45) is 0.232. The summed E-state index contributed by atoms with van der Waals surface area (Å²) in [5.41, 5.74) is 5.04. The Hall–Kier alpha value is -1.55. The molecule has 1 atom stereocenters. The van der Waals surface area contributed by atoms with E-state index in [9.17, 15) is 9.90 Å². The molecule has 1 aromatic rings. The molecule has 0 saturated heterocycles. The number of carboxylic acid groups (broad SMARTS) is 1. The van der Waals surface area contributed by atoms with Crippen LogP contribution in [0.5, 0.6) is 5.75 Å². The summed E-state index contributed by atoms with van der Waals surface area (Å²) in [6.45, 7) is 5.49. The normalized spacial score (nSPS) is 14.9. The molecule has 3 N–H and O–H groups in total. The molecule has 0 aliphatic carbocycles. The monoisotopic (exact) mass is 251 g/mol. The van der Waals surface area contributed by atoms with E-state index in [2.05, 4.69) is 0 Å². The lowest BCUT2D eigenvalue weighted by molar-refractivity contribution is -0.147. The van der Waals surface area contributed by atoms with Gasteiger partial charge in [-0.3, -0.25) is 4.79 Å². The van der Waals surface area contributed by atoms with Crippen LogP contribution in [-0.4, -0.2) is 23.7 Å². The van der Waals surface area contributed by atoms with Gasteiger partial charge in [0.25, 0.3) is 0 Å². The fourth-order valence-corrected chi connectivity index (χ4v) is 1.81. The lowest BCUT2D eigenvalue weighted by Crippen LogP contribution is -2.59. The van der Waals surface area contributed by atoms with E-state index in [1.807, 2.05) is 39.0 Å². The first kappa shape index (κ1) is 14.5. The van der Waals surface area contributed by atoms with Crippen LogP contribution in [-0.2, 0) is 11.2 Å². The lowest BCUT2D eigenvalue weighted by atomic mass is 9.71. The number of hydrogen-bond donors (Lipinski definition) is 2. The van der Waals surface area contributed by atoms with Crippen molar-refractivity contribution in [2.45, 2.75) is 32.7 Å². The lowest BCUT2D eigenvalue weighted by Gasteiger charge is -2.38. The topological polar surface area (TPSA) is 72.5 Å². The fourth-order valence-electron chi connectivity index (χ4n) is 1.81. The van der Waals surface area contributed by atoms with Gasteiger partial charge in [-0.2, -0.15) is 0 Å². The van der Waals surface area contributed by atoms with Gasteiger partial charge in [0.15, 0.2) is 0 Å². The molecule has 0 heterocycles. The first-order valence-electron chi connectivity index (χ1n) is 5.86. The molecule has 4 nitrogen and oxygen atoms in total. The van der Waals surface area contributed by atoms with E-state index in [0.29, 0.717) is 5.75 Å². The van der Waals surface area contributed by atoms with Crippen molar-refractivity contribution in [1.82, 2.24) is 0 Å². The van der Waals surface area contributed by atoms with Crippen molar-refractivity contribution in [3.05, 3.63) is 29.8 Å². The standard InChI is InChI=1S/C14H21NO3/c1-13(2,3)14(15,12(16)17)9-10-7-5-6-8-11(10)18-4/h5-8H,9,15H2,1-4H3,(H,16,17)/t14-/m1/s1. The minimum absolute atomic E-state index is 0.232. The number of para-hydroxylation sites is 1. The number of carbonyl (C=O) groups is 1. The van der Waals surface area contributed by atoms with E-state index in [0.717, 1.165) is 5.56 Å². The average molecular weight is 251 g/mol. The number of carboxylic acids is 1. The summed E-state index contributed by atoms with van der Waals surface area (Å²) in [7, 11) is 1.56. The van der Waals surface area contributed by atoms with Crippen molar-refractivity contribution in [3.8, 4) is 5.75 Å². The summed E-state index contributed by atoms with van der Waals surface area (Å²) in [6, 6.07) is 7.34. The van der Waals surface area contributed by atoms with Gasteiger partial charge in [0.1, 0.15) is 11.3 Å². The molecule has 0 saturated carbocycles. The van der Waals surface area contributed by atoms with Crippen molar-refractivity contribution in [2.75, 3.05) is 7.11 Å². The zero-order chi connectivity index (χ0) is 14.0. The number of benzene rings is 1. The van der Waals surface area contributed by atoms with Gasteiger partial charge in [0.2, 0.25) is 0 Å². The number of ether oxygens (including phenoxy) is 1. The Balaban J connectivity index is 3.17. The molecule has 0 bridgehead atoms. The van der Waals surface area contributed by atoms with Gasteiger partial charge in [-0.25, -0.2) is 0 Å². The van der Waals surface area contributed by atoms with E-state index in [1.165, 1.54) is 0 Å². The van der Waals surface area contributed by atoms with Gasteiger partial charge in [0, 0.05) is 6.42 Å². The van der Waals surface area contributed by atoms with Gasteiger partial charge in [-0.05, 0) is 17.0 Å². The Morgan fingerprint density at radius 1 is 1.33 bits per heavy atom. The van der Waals surface area contributed by atoms with Gasteiger partial charge < -0.3 is 15.6 Å². The molecular weight excluding hydrogens is 230 g/mol. The molecular formula is C14H21NO3. The summed E-state index contributed by atoms with van der Waals surface area (Å²) in [5.74, 6) is -0.335. The highest BCUT2D eigenvalue weighted by Gasteiger charge is 2.45. The van der Waals surface area contributed by atoms with Gasteiger partial charge in [-0.15, -0.1) is 0 Å². The maximum absolute atomic E-state index is 11.5. The van der Waals surface area contributed by atoms with Crippen molar-refractivity contribution < 1.29 is 14.6 Å². The largest absolute Gasteiger partial charge is 0.496 e. The molecule has 18 heavy (non-hydrogen) atoms. The average Bonchev–Trinajstić information content (AvgIpc) is 2.27. The first-order valence-corrected chi connectivity index (χ1v) is 5.86. The second-order valence-corrected chi connectivity index (χ2v) is 5.52. The van der Waals surface area contributed by atoms with Crippen LogP contribution in [0.3, 0.4) is 0 Å². The second-order valence-electron chi connectivity index (χ2n) is 5.52. The summed E-state index contributed by atoms with van der Waals surface area (Å²) in [4.78, 5) is 11.5. The van der Waals surface area contributed by atoms with E-state index in [4.69, 9.17) is 10.5 Å². The zero-order valence-electron chi connectivity index (χ0n) is 11.4. The van der Waals surface area contributed by atoms with Crippen LogP contribution in [0, 0.1) is 5.41 Å². The third kappa shape index (κ3) is 2.64. The van der Waals surface area contributed by atoms with Crippen molar-refractivity contribution in [2.24, 2.45) is 11.1 Å². The Kier molecular flexibility index (Phi) is 4.02. The van der Waals surface area contributed by atoms with Crippen LogP contribution in [0.15, 0.2) is 24.3 Å². The Bertz CT molecular complexity index is 437. The summed E-state index contributed by atoms with van der Waals surface area (Å²) < 4.78 is 5.24. The third-order valence-corrected chi connectivity index (χ3v) is 3.38. The SMILES string of the molecule is COc1ccccc1C[C@@](N)(C(=O)O)C(C)(C)C. The molecule has 0 aliphatic rings. The van der Waals surface area contributed by atoms with Gasteiger partial charge in [0.05, 0.1) is 7.11 Å². The Labute approximate surface area is 108 Å². The smallest absolute Gasteiger partial charge is 0.324 e. The van der Waals surface area contributed by atoms with Gasteiger partial charge >= 0.3 is 5.97 Å². The highest BCUT2D eigenvalue weighted by atomic mass is 16.5. The molecule has 0 radical (unpaired) electrons. The van der Waals surface area contributed by atoms with Crippen LogP contribution in [0.1, 0.15) is 26.3 Å². The highest BCUT2D eigenvalue weighted by Crippen LogP contribution is 2.33. The fraction of sp³-hybridized carbons (Fsp3) is 0.500. The number of rotatable bonds is 4. The molecule has 1 aromatic carbocycles. The van der Waals surface area contributed by atoms with Crippen LogP contribution in [0.25, 0.3) is 0 Å². The van der Waals surface area contributed by atoms with Crippen LogP contribution in [0.4, 0.5) is 0 Å². The number of methoxy groups -OCH3 is 1. The quantitative estimate of drug-likeness (QED) is 0.859. The van der Waals surface area contributed by atoms with Crippen molar-refractivity contribution in [1.29, 1.82) is 0 Å². The summed E-state index contributed by atoms with van der Waals surface area (Å²) >= 11 is 0. The van der Waals surface area contributed by atoms with E-state index < -0.39 is 16.9 Å². The predicted molar refractivity (Wildman–Crippen MR) is 70.7 cm³/mol. The molecule has 0 amide bonds. The van der Waals surface area contributed by atoms with E-state index in [1.54, 1.807) is 13.2 Å². The van der Waals surface area contributed by atoms with Crippen LogP contribution >= 0.6 is 0 Å². The Morgan fingerprint density at radius 3 is 2.33 bits per heavy atom. The zero-order valence-corrected chi connectivity index (χ0v) is 11.4. The number of hydrogen-bond acceptors (Lipinski definition) is 3. The maximum Gasteiger partial charge on any atom is 0.324 e. The molecule has 0 spiro atoms. The number of nitrogens with two attached hydrogens (primary N) is 1. The Morgan fingerprint density at radius 2 is 1.89 bits per heavy atom. The highest BCUT2D eigenvalue weighted by molar-refractivity contribution is 5.80. The first-order chi connectivity index (χ1) is 8.22. The third-order valence-electron chi connectivity index (χ3n) is 3.38. The van der Waals surface area contributed by atoms with Crippen LogP contribution in [0.2, 0.25) is 0 Å². The van der Waals surface area contributed by atoms with Gasteiger partial charge in [-0.1, -0.05) is 39.0 Å². The molecule has 0 aromatic heterocycles. The number of aliphatic carboxylic acids is 1. The molecule has 100 valence electrons. The predicted octanol–water partition coefficient (Wildman–Crippen LogP) is 2.07. The van der Waals surface area contributed by atoms with Crippen LogP contribution < -0.4 is 10.5 Å². The van der Waals surface area contributed by atoms with E-state index >= 15 is 0 Å². The molecule has 1 rings (SSSR count).